The molecule has 0 radical (unpaired) electrons. The standard InChI is InChI=1S/C32H43ClN2O6/c1-7-10-11-17-40-30(39)26-25-28(37)35(24(19-36)20(4)9-3)27(32(25)18-21(5)31(26,6)41-32)29(38)34(16-8-2)23-14-12-22(33)13-15-23/h7-8,12-15,20-21,24-27,36H,1-2,9-11,16-19H2,3-6H3/t20-,21?,24-,25-,26+,27?,31-,32?/m0/s1. The van der Waals surface area contributed by atoms with Crippen molar-refractivity contribution in [3.63, 3.8) is 0 Å². The molecular formula is C32H43ClN2O6. The Morgan fingerprint density at radius 1 is 1.29 bits per heavy atom. The summed E-state index contributed by atoms with van der Waals surface area (Å²) in [6, 6.07) is 5.22. The number of carbonyl (C=O) groups excluding carboxylic acids is 3. The van der Waals surface area contributed by atoms with Gasteiger partial charge < -0.3 is 24.4 Å². The Morgan fingerprint density at radius 3 is 2.56 bits per heavy atom. The molecule has 3 aliphatic heterocycles. The maximum Gasteiger partial charge on any atom is 0.312 e. The van der Waals surface area contributed by atoms with E-state index in [4.69, 9.17) is 21.1 Å². The first kappa shape index (κ1) is 31.3. The fourth-order valence-corrected chi connectivity index (χ4v) is 7.32. The number of allylic oxidation sites excluding steroid dienone is 1. The van der Waals surface area contributed by atoms with E-state index < -0.39 is 41.1 Å². The van der Waals surface area contributed by atoms with Gasteiger partial charge in [0.15, 0.2) is 0 Å². The highest BCUT2D eigenvalue weighted by Gasteiger charge is 2.81. The number of aliphatic hydroxyl groups is 1. The Hall–Kier alpha value is -2.68. The molecule has 3 heterocycles. The third-order valence-corrected chi connectivity index (χ3v) is 9.85. The minimum Gasteiger partial charge on any atom is -0.465 e. The molecule has 3 saturated heterocycles. The molecule has 4 rings (SSSR count). The van der Waals surface area contributed by atoms with Crippen LogP contribution in [0.2, 0.25) is 5.02 Å². The van der Waals surface area contributed by atoms with Gasteiger partial charge in [0.2, 0.25) is 5.91 Å². The Bertz CT molecular complexity index is 1170. The first-order valence-electron chi connectivity index (χ1n) is 14.6. The number of rotatable bonds is 13. The van der Waals surface area contributed by atoms with E-state index in [9.17, 15) is 19.5 Å². The zero-order valence-corrected chi connectivity index (χ0v) is 25.3. The first-order chi connectivity index (χ1) is 19.5. The maximum absolute atomic E-state index is 14.7. The van der Waals surface area contributed by atoms with E-state index >= 15 is 0 Å². The molecular weight excluding hydrogens is 544 g/mol. The number of halogens is 1. The van der Waals surface area contributed by atoms with Gasteiger partial charge in [0.05, 0.1) is 30.8 Å². The quantitative estimate of drug-likeness (QED) is 0.203. The Labute approximate surface area is 248 Å². The fraction of sp³-hybridized carbons (Fsp3) is 0.594. The number of anilines is 1. The van der Waals surface area contributed by atoms with Crippen molar-refractivity contribution in [3.05, 3.63) is 54.6 Å². The van der Waals surface area contributed by atoms with Crippen molar-refractivity contribution in [3.8, 4) is 0 Å². The molecule has 8 atom stereocenters. The van der Waals surface area contributed by atoms with Crippen LogP contribution in [-0.2, 0) is 23.9 Å². The molecule has 1 spiro atoms. The number of nitrogens with zero attached hydrogens (tertiary/aromatic N) is 2. The lowest BCUT2D eigenvalue weighted by Crippen LogP contribution is -2.60. The van der Waals surface area contributed by atoms with E-state index in [1.54, 1.807) is 41.3 Å². The van der Waals surface area contributed by atoms with E-state index in [0.29, 0.717) is 36.4 Å². The van der Waals surface area contributed by atoms with Crippen LogP contribution in [0.15, 0.2) is 49.6 Å². The minimum absolute atomic E-state index is 0.104. The zero-order chi connectivity index (χ0) is 30.1. The van der Waals surface area contributed by atoms with Gasteiger partial charge in [-0.1, -0.05) is 50.9 Å². The van der Waals surface area contributed by atoms with E-state index in [1.165, 1.54) is 4.90 Å². The lowest BCUT2D eigenvalue weighted by molar-refractivity contribution is -0.163. The molecule has 0 aromatic heterocycles. The number of benzene rings is 1. The largest absolute Gasteiger partial charge is 0.465 e. The summed E-state index contributed by atoms with van der Waals surface area (Å²) < 4.78 is 12.5. The van der Waals surface area contributed by atoms with Crippen LogP contribution < -0.4 is 4.90 Å². The van der Waals surface area contributed by atoms with Crippen molar-refractivity contribution in [1.29, 1.82) is 0 Å². The highest BCUT2D eigenvalue weighted by molar-refractivity contribution is 6.30. The van der Waals surface area contributed by atoms with E-state index in [1.807, 2.05) is 27.7 Å². The summed E-state index contributed by atoms with van der Waals surface area (Å²) in [6.07, 6.45) is 5.83. The maximum atomic E-state index is 14.7. The topological polar surface area (TPSA) is 96.4 Å². The van der Waals surface area contributed by atoms with E-state index in [-0.39, 0.29) is 43.4 Å². The highest BCUT2D eigenvalue weighted by atomic mass is 35.5. The summed E-state index contributed by atoms with van der Waals surface area (Å²) in [4.78, 5) is 46.0. The third-order valence-electron chi connectivity index (χ3n) is 9.60. The second-order valence-corrected chi connectivity index (χ2v) is 12.3. The molecule has 224 valence electrons. The van der Waals surface area contributed by atoms with Gasteiger partial charge in [0.1, 0.15) is 17.6 Å². The van der Waals surface area contributed by atoms with Crippen molar-refractivity contribution >= 4 is 35.1 Å². The Balaban J connectivity index is 1.83. The van der Waals surface area contributed by atoms with Gasteiger partial charge in [-0.25, -0.2) is 0 Å². The molecule has 8 nitrogen and oxygen atoms in total. The number of fused-ring (bicyclic) bond motifs is 1. The number of ether oxygens (including phenoxy) is 2. The second kappa shape index (κ2) is 12.3. The van der Waals surface area contributed by atoms with Crippen molar-refractivity contribution in [2.75, 3.05) is 24.7 Å². The fourth-order valence-electron chi connectivity index (χ4n) is 7.20. The molecule has 41 heavy (non-hydrogen) atoms. The summed E-state index contributed by atoms with van der Waals surface area (Å²) in [5.74, 6) is -3.18. The predicted octanol–water partition coefficient (Wildman–Crippen LogP) is 4.79. The highest BCUT2D eigenvalue weighted by Crippen LogP contribution is 2.66. The van der Waals surface area contributed by atoms with Gasteiger partial charge in [-0.3, -0.25) is 14.4 Å². The zero-order valence-electron chi connectivity index (χ0n) is 24.6. The molecule has 2 amide bonds. The number of amides is 2. The normalized spacial score (nSPS) is 31.5. The lowest BCUT2D eigenvalue weighted by Gasteiger charge is -2.41. The summed E-state index contributed by atoms with van der Waals surface area (Å²) in [6.45, 7) is 15.4. The summed E-state index contributed by atoms with van der Waals surface area (Å²) in [5, 5.41) is 11.1. The monoisotopic (exact) mass is 586 g/mol. The molecule has 2 bridgehead atoms. The SMILES string of the molecule is C=CCCCOC(=O)[C@H]1[C@H]2C(=O)N([C@@H](CO)[C@@H](C)CC)C(C(=O)N(CC=C)c3ccc(Cl)cc3)C23CC(C)[C@]1(C)O3. The van der Waals surface area contributed by atoms with Crippen LogP contribution in [0.25, 0.3) is 0 Å². The van der Waals surface area contributed by atoms with Gasteiger partial charge in [-0.05, 0) is 62.3 Å². The van der Waals surface area contributed by atoms with Crippen molar-refractivity contribution in [1.82, 2.24) is 4.90 Å². The Morgan fingerprint density at radius 2 is 1.98 bits per heavy atom. The van der Waals surface area contributed by atoms with Gasteiger partial charge in [-0.2, -0.15) is 0 Å². The van der Waals surface area contributed by atoms with Gasteiger partial charge in [-0.15, -0.1) is 13.2 Å². The lowest BCUT2D eigenvalue weighted by atomic mass is 9.62. The minimum atomic E-state index is -1.25. The molecule has 3 fully saturated rings. The van der Waals surface area contributed by atoms with Crippen LogP contribution in [0.1, 0.15) is 53.4 Å². The van der Waals surface area contributed by atoms with E-state index in [2.05, 4.69) is 13.2 Å². The van der Waals surface area contributed by atoms with Crippen LogP contribution >= 0.6 is 11.6 Å². The third kappa shape index (κ3) is 5.12. The van der Waals surface area contributed by atoms with Crippen molar-refractivity contribution in [2.45, 2.75) is 76.7 Å². The average molecular weight is 587 g/mol. The molecule has 1 aromatic rings. The second-order valence-electron chi connectivity index (χ2n) is 11.9. The van der Waals surface area contributed by atoms with Crippen molar-refractivity contribution < 1.29 is 29.0 Å². The number of carbonyl (C=O) groups is 3. The molecule has 1 N–H and O–H groups in total. The molecule has 3 unspecified atom stereocenters. The van der Waals surface area contributed by atoms with Crippen LogP contribution in [0.5, 0.6) is 0 Å². The molecule has 3 aliphatic rings. The number of esters is 1. The number of hydrogen-bond acceptors (Lipinski definition) is 6. The predicted molar refractivity (Wildman–Crippen MR) is 158 cm³/mol. The van der Waals surface area contributed by atoms with Crippen LogP contribution in [0.4, 0.5) is 5.69 Å². The number of unbranched alkanes of at least 4 members (excludes halogenated alkanes) is 1. The van der Waals surface area contributed by atoms with Gasteiger partial charge >= 0.3 is 5.97 Å². The first-order valence-corrected chi connectivity index (χ1v) is 15.0. The van der Waals surface area contributed by atoms with Crippen LogP contribution in [0.3, 0.4) is 0 Å². The number of likely N-dealkylation sites (tertiary alicyclic amines) is 1. The smallest absolute Gasteiger partial charge is 0.312 e. The van der Waals surface area contributed by atoms with Crippen LogP contribution in [0, 0.1) is 23.7 Å². The van der Waals surface area contributed by atoms with E-state index in [0.717, 1.165) is 0 Å². The van der Waals surface area contributed by atoms with Gasteiger partial charge in [0, 0.05) is 17.3 Å². The summed E-state index contributed by atoms with van der Waals surface area (Å²) in [7, 11) is 0. The van der Waals surface area contributed by atoms with Crippen molar-refractivity contribution in [2.24, 2.45) is 23.7 Å². The van der Waals surface area contributed by atoms with Gasteiger partial charge in [0.25, 0.3) is 5.91 Å². The molecule has 0 saturated carbocycles. The number of aliphatic hydroxyl groups excluding tert-OH is 1. The Kier molecular flexibility index (Phi) is 9.36. The number of hydrogen-bond donors (Lipinski definition) is 1. The molecule has 0 aliphatic carbocycles. The molecule has 9 heteroatoms. The molecule has 1 aromatic carbocycles. The van der Waals surface area contributed by atoms with Crippen LogP contribution in [-0.4, -0.2) is 70.8 Å². The summed E-state index contributed by atoms with van der Waals surface area (Å²) >= 11 is 6.13. The summed E-state index contributed by atoms with van der Waals surface area (Å²) in [5.41, 5.74) is -1.63. The average Bonchev–Trinajstić information content (AvgIpc) is 3.47.